The average Bonchev–Trinajstić information content (AvgIpc) is 3.20. The van der Waals surface area contributed by atoms with Crippen LogP contribution in [0.1, 0.15) is 53.8 Å². The number of hydrogen-bond acceptors (Lipinski definition) is 5. The number of nitrogens with one attached hydrogen (secondary N) is 1. The van der Waals surface area contributed by atoms with Gasteiger partial charge < -0.3 is 9.62 Å². The number of benzene rings is 1. The van der Waals surface area contributed by atoms with Crippen LogP contribution in [-0.2, 0) is 6.54 Å². The predicted octanol–water partition coefficient (Wildman–Crippen LogP) is 5.24. The molecule has 1 fully saturated rings. The first-order valence-electron chi connectivity index (χ1n) is 8.12. The Kier molecular flexibility index (Phi) is 4.58. The molecule has 4 rings (SSSR count). The maximum absolute atomic E-state index is 12.8. The van der Waals surface area contributed by atoms with Crippen molar-refractivity contribution in [1.82, 2.24) is 9.88 Å². The highest BCUT2D eigenvalue weighted by Crippen LogP contribution is 2.38. The molecular weight excluding hydrogens is 406 g/mol. The smallest absolute Gasteiger partial charge is 0.255 e. The summed E-state index contributed by atoms with van der Waals surface area (Å²) in [5.74, 6) is 0.110. The molecule has 1 unspecified atom stereocenters. The van der Waals surface area contributed by atoms with Crippen LogP contribution in [0.3, 0.4) is 0 Å². The Morgan fingerprint density at radius 2 is 2.33 bits per heavy atom. The minimum atomic E-state index is 0.0291. The second-order valence-corrected chi connectivity index (χ2v) is 9.04. The van der Waals surface area contributed by atoms with E-state index in [-0.39, 0.29) is 11.9 Å². The molecule has 1 aliphatic heterocycles. The van der Waals surface area contributed by atoms with Gasteiger partial charge in [0.25, 0.3) is 5.91 Å². The van der Waals surface area contributed by atoms with Crippen LogP contribution in [0.2, 0.25) is 0 Å². The number of aromatic nitrogens is 1. The third-order valence-corrected chi connectivity index (χ3v) is 6.88. The molecule has 7 heteroatoms. The normalized spacial score (nSPS) is 17.9. The minimum absolute atomic E-state index is 0.0291. The Morgan fingerprint density at radius 1 is 1.50 bits per heavy atom. The van der Waals surface area contributed by atoms with E-state index in [1.165, 1.54) is 12.8 Å². The van der Waals surface area contributed by atoms with Gasteiger partial charge >= 0.3 is 0 Å². The highest BCUT2D eigenvalue weighted by atomic mass is 79.9. The molecule has 1 atom stereocenters. The largest absolute Gasteiger partial charge is 0.326 e. The van der Waals surface area contributed by atoms with E-state index >= 15 is 0 Å². The number of fused-ring (bicyclic) bond motifs is 1. The maximum Gasteiger partial charge on any atom is 0.255 e. The molecule has 2 aromatic rings. The van der Waals surface area contributed by atoms with Crippen molar-refractivity contribution in [3.8, 4) is 0 Å². The van der Waals surface area contributed by atoms with Crippen LogP contribution in [0.25, 0.3) is 0 Å². The van der Waals surface area contributed by atoms with E-state index in [0.29, 0.717) is 6.54 Å². The molecule has 1 N–H and O–H groups in total. The number of hydrogen-bond donors (Lipinski definition) is 1. The van der Waals surface area contributed by atoms with Gasteiger partial charge in [-0.15, -0.1) is 11.3 Å². The lowest BCUT2D eigenvalue weighted by Crippen LogP contribution is -2.29. The topological polar surface area (TPSA) is 45.2 Å². The molecule has 2 aliphatic rings. The van der Waals surface area contributed by atoms with Crippen molar-refractivity contribution < 1.29 is 4.79 Å². The van der Waals surface area contributed by atoms with E-state index < -0.39 is 0 Å². The number of amides is 1. The second kappa shape index (κ2) is 6.69. The molecule has 4 nitrogen and oxygen atoms in total. The fourth-order valence-corrected chi connectivity index (χ4v) is 4.99. The number of nitrogens with zero attached hydrogens (tertiary/aromatic N) is 2. The minimum Gasteiger partial charge on any atom is -0.326 e. The lowest BCUT2D eigenvalue weighted by atomic mass is 10.1. The van der Waals surface area contributed by atoms with Crippen LogP contribution in [0.5, 0.6) is 0 Å². The summed E-state index contributed by atoms with van der Waals surface area (Å²) in [6.07, 6.45) is 3.45. The molecule has 2 heterocycles. The Morgan fingerprint density at radius 3 is 3.08 bits per heavy atom. The molecule has 24 heavy (non-hydrogen) atoms. The molecule has 1 aliphatic carbocycles. The highest BCUT2D eigenvalue weighted by Gasteiger charge is 2.34. The van der Waals surface area contributed by atoms with Gasteiger partial charge in [-0.25, -0.2) is 4.98 Å². The van der Waals surface area contributed by atoms with Crippen LogP contribution in [0, 0.1) is 0 Å². The Hall–Kier alpha value is -1.05. The van der Waals surface area contributed by atoms with Gasteiger partial charge in [-0.2, -0.15) is 0 Å². The SMILES string of the molecule is CCC(c1csc(NSC2CC2)n1)N1Cc2cc(Br)ccc2C1=O. The van der Waals surface area contributed by atoms with E-state index in [4.69, 9.17) is 4.98 Å². The first-order chi connectivity index (χ1) is 11.7. The van der Waals surface area contributed by atoms with E-state index in [9.17, 15) is 4.79 Å². The Labute approximate surface area is 158 Å². The standard InChI is InChI=1S/C17H18BrN3OS2/c1-2-15(14-9-23-17(19-14)20-24-12-4-5-12)21-8-10-7-11(18)3-6-13(10)16(21)22/h3,6-7,9,12,15H,2,4-5,8H2,1H3,(H,19,20). The van der Waals surface area contributed by atoms with Crippen molar-refractivity contribution >= 4 is 50.3 Å². The number of anilines is 1. The van der Waals surface area contributed by atoms with Crippen molar-refractivity contribution in [1.29, 1.82) is 0 Å². The van der Waals surface area contributed by atoms with Gasteiger partial charge in [0.15, 0.2) is 5.13 Å². The van der Waals surface area contributed by atoms with E-state index in [1.807, 2.05) is 23.1 Å². The third-order valence-electron chi connectivity index (χ3n) is 4.36. The van der Waals surface area contributed by atoms with Crippen LogP contribution in [0.4, 0.5) is 5.13 Å². The van der Waals surface area contributed by atoms with Crippen molar-refractivity contribution in [3.05, 3.63) is 44.9 Å². The number of thiazole rings is 1. The van der Waals surface area contributed by atoms with E-state index in [0.717, 1.165) is 38.1 Å². The first-order valence-corrected chi connectivity index (χ1v) is 10.7. The summed E-state index contributed by atoms with van der Waals surface area (Å²) in [5.41, 5.74) is 2.89. The number of carbonyl (C=O) groups is 1. The summed E-state index contributed by atoms with van der Waals surface area (Å²) in [5, 5.41) is 3.76. The van der Waals surface area contributed by atoms with Crippen molar-refractivity contribution in [3.63, 3.8) is 0 Å². The van der Waals surface area contributed by atoms with Crippen LogP contribution in [0.15, 0.2) is 28.1 Å². The molecule has 1 saturated carbocycles. The molecule has 0 saturated heterocycles. The van der Waals surface area contributed by atoms with Gasteiger partial charge in [0.1, 0.15) is 0 Å². The fourth-order valence-electron chi connectivity index (χ4n) is 2.96. The molecule has 1 aromatic carbocycles. The molecule has 1 amide bonds. The van der Waals surface area contributed by atoms with Crippen LogP contribution >= 0.6 is 39.2 Å². The number of rotatable bonds is 6. The maximum atomic E-state index is 12.8. The van der Waals surface area contributed by atoms with Gasteiger partial charge in [0.2, 0.25) is 0 Å². The van der Waals surface area contributed by atoms with Gasteiger partial charge in [-0.1, -0.05) is 22.9 Å². The van der Waals surface area contributed by atoms with E-state index in [1.54, 1.807) is 23.3 Å². The number of carbonyl (C=O) groups excluding carboxylic acids is 1. The van der Waals surface area contributed by atoms with Crippen molar-refractivity contribution in [2.24, 2.45) is 0 Å². The summed E-state index contributed by atoms with van der Waals surface area (Å²) in [6.45, 7) is 2.77. The van der Waals surface area contributed by atoms with E-state index in [2.05, 4.69) is 33.0 Å². The predicted molar refractivity (Wildman–Crippen MR) is 103 cm³/mol. The monoisotopic (exact) mass is 423 g/mol. The summed E-state index contributed by atoms with van der Waals surface area (Å²) < 4.78 is 4.36. The van der Waals surface area contributed by atoms with Crippen molar-refractivity contribution in [2.75, 3.05) is 4.72 Å². The third kappa shape index (κ3) is 3.21. The Balaban J connectivity index is 1.52. The van der Waals surface area contributed by atoms with Crippen LogP contribution < -0.4 is 4.72 Å². The molecule has 126 valence electrons. The molecule has 0 spiro atoms. The molecular formula is C17H18BrN3OS2. The molecule has 1 aromatic heterocycles. The summed E-state index contributed by atoms with van der Waals surface area (Å²) in [4.78, 5) is 19.5. The summed E-state index contributed by atoms with van der Waals surface area (Å²) >= 11 is 6.88. The highest BCUT2D eigenvalue weighted by molar-refractivity contribution is 9.10. The summed E-state index contributed by atoms with van der Waals surface area (Å²) in [6, 6.07) is 5.91. The fraction of sp³-hybridized carbons (Fsp3) is 0.412. The lowest BCUT2D eigenvalue weighted by Gasteiger charge is -2.25. The van der Waals surface area contributed by atoms with Gasteiger partial charge in [-0.05, 0) is 55.0 Å². The zero-order chi connectivity index (χ0) is 16.7. The van der Waals surface area contributed by atoms with Gasteiger partial charge in [-0.3, -0.25) is 4.79 Å². The molecule has 0 bridgehead atoms. The van der Waals surface area contributed by atoms with Crippen LogP contribution in [-0.4, -0.2) is 21.0 Å². The average molecular weight is 424 g/mol. The lowest BCUT2D eigenvalue weighted by molar-refractivity contribution is 0.0692. The second-order valence-electron chi connectivity index (χ2n) is 6.16. The summed E-state index contributed by atoms with van der Waals surface area (Å²) in [7, 11) is 0. The van der Waals surface area contributed by atoms with Gasteiger partial charge in [0, 0.05) is 27.2 Å². The Bertz CT molecular complexity index is 775. The zero-order valence-corrected chi connectivity index (χ0v) is 16.5. The zero-order valence-electron chi connectivity index (χ0n) is 13.3. The van der Waals surface area contributed by atoms with Crippen molar-refractivity contribution in [2.45, 2.75) is 44.0 Å². The first kappa shape index (κ1) is 16.4. The quantitative estimate of drug-likeness (QED) is 0.645. The number of halogens is 1. The molecule has 0 radical (unpaired) electrons. The van der Waals surface area contributed by atoms with Gasteiger partial charge in [0.05, 0.1) is 11.7 Å².